The Kier molecular flexibility index (Phi) is 6.03. The van der Waals surface area contributed by atoms with Gasteiger partial charge >= 0.3 is 0 Å². The summed E-state index contributed by atoms with van der Waals surface area (Å²) in [5.74, 6) is 1.05. The van der Waals surface area contributed by atoms with Gasteiger partial charge in [-0.15, -0.1) is 0 Å². The van der Waals surface area contributed by atoms with Gasteiger partial charge in [0.25, 0.3) is 0 Å². The number of nitrogens with one attached hydrogen (secondary N) is 1. The van der Waals surface area contributed by atoms with Crippen molar-refractivity contribution in [2.45, 2.75) is 47.1 Å². The predicted octanol–water partition coefficient (Wildman–Crippen LogP) is 3.50. The maximum Gasteiger partial charge on any atom is 0.224 e. The van der Waals surface area contributed by atoms with E-state index in [4.69, 9.17) is 5.11 Å². The quantitative estimate of drug-likeness (QED) is 0.825. The summed E-state index contributed by atoms with van der Waals surface area (Å²) >= 11 is 0. The molecule has 3 nitrogen and oxygen atoms in total. The topological polar surface area (TPSA) is 49.3 Å². The Labute approximate surface area is 116 Å². The minimum absolute atomic E-state index is 0.00704. The van der Waals surface area contributed by atoms with Crippen molar-refractivity contribution in [2.75, 3.05) is 5.32 Å². The van der Waals surface area contributed by atoms with Crippen LogP contribution in [0.1, 0.15) is 44.7 Å². The van der Waals surface area contributed by atoms with E-state index in [2.05, 4.69) is 26.1 Å². The van der Waals surface area contributed by atoms with Crippen molar-refractivity contribution in [1.82, 2.24) is 0 Å². The Morgan fingerprint density at radius 1 is 1.32 bits per heavy atom. The molecule has 19 heavy (non-hydrogen) atoms. The molecule has 0 saturated heterocycles. The fourth-order valence-electron chi connectivity index (χ4n) is 2.31. The van der Waals surface area contributed by atoms with Gasteiger partial charge in [-0.2, -0.15) is 0 Å². The van der Waals surface area contributed by atoms with Crippen LogP contribution in [0.5, 0.6) is 0 Å². The van der Waals surface area contributed by atoms with Crippen LogP contribution < -0.4 is 5.32 Å². The smallest absolute Gasteiger partial charge is 0.224 e. The first kappa shape index (κ1) is 15.7. The van der Waals surface area contributed by atoms with Crippen molar-refractivity contribution in [3.63, 3.8) is 0 Å². The number of carbonyl (C=O) groups excluding carboxylic acids is 1. The molecule has 1 rings (SSSR count). The summed E-state index contributed by atoms with van der Waals surface area (Å²) in [6, 6.07) is 5.62. The zero-order valence-corrected chi connectivity index (χ0v) is 12.4. The third-order valence-corrected chi connectivity index (χ3v) is 3.17. The highest BCUT2D eigenvalue weighted by molar-refractivity contribution is 5.91. The molecule has 1 aromatic rings. The SMILES string of the molecule is Cc1ccc(CO)cc1NC(=O)CC(C)CC(C)C. The molecule has 2 N–H and O–H groups in total. The minimum atomic E-state index is -0.00704. The van der Waals surface area contributed by atoms with E-state index < -0.39 is 0 Å². The zero-order valence-electron chi connectivity index (χ0n) is 12.4. The van der Waals surface area contributed by atoms with Gasteiger partial charge in [0.05, 0.1) is 6.61 Å². The summed E-state index contributed by atoms with van der Waals surface area (Å²) in [6.45, 7) is 8.39. The Bertz CT molecular complexity index is 427. The minimum Gasteiger partial charge on any atom is -0.392 e. The lowest BCUT2D eigenvalue weighted by Gasteiger charge is -2.15. The van der Waals surface area contributed by atoms with Crippen molar-refractivity contribution in [3.8, 4) is 0 Å². The van der Waals surface area contributed by atoms with Crippen molar-refractivity contribution in [2.24, 2.45) is 11.8 Å². The molecular formula is C16H25NO2. The lowest BCUT2D eigenvalue weighted by atomic mass is 9.95. The van der Waals surface area contributed by atoms with Gasteiger partial charge in [-0.25, -0.2) is 0 Å². The second-order valence-corrected chi connectivity index (χ2v) is 5.79. The molecular weight excluding hydrogens is 238 g/mol. The molecule has 0 heterocycles. The summed E-state index contributed by atoms with van der Waals surface area (Å²) in [5, 5.41) is 12.1. The third kappa shape index (κ3) is 5.43. The average molecular weight is 263 g/mol. The van der Waals surface area contributed by atoms with Gasteiger partial charge in [0.15, 0.2) is 0 Å². The highest BCUT2D eigenvalue weighted by atomic mass is 16.3. The molecule has 1 amide bonds. The maximum absolute atomic E-state index is 12.0. The molecule has 0 aromatic heterocycles. The summed E-state index contributed by atoms with van der Waals surface area (Å²) < 4.78 is 0. The van der Waals surface area contributed by atoms with E-state index in [0.29, 0.717) is 18.3 Å². The number of rotatable bonds is 6. The number of anilines is 1. The van der Waals surface area contributed by atoms with Crippen molar-refractivity contribution < 1.29 is 9.90 Å². The van der Waals surface area contributed by atoms with Gasteiger partial charge in [0, 0.05) is 12.1 Å². The normalized spacial score (nSPS) is 12.5. The van der Waals surface area contributed by atoms with Crippen LogP contribution in [-0.2, 0) is 11.4 Å². The number of amides is 1. The molecule has 1 unspecified atom stereocenters. The number of carbonyl (C=O) groups is 1. The van der Waals surface area contributed by atoms with Crippen LogP contribution >= 0.6 is 0 Å². The number of hydrogen-bond donors (Lipinski definition) is 2. The van der Waals surface area contributed by atoms with Gasteiger partial charge in [-0.3, -0.25) is 4.79 Å². The Balaban J connectivity index is 2.61. The number of aryl methyl sites for hydroxylation is 1. The van der Waals surface area contributed by atoms with Gasteiger partial charge in [-0.1, -0.05) is 32.9 Å². The van der Waals surface area contributed by atoms with E-state index in [1.165, 1.54) is 0 Å². The van der Waals surface area contributed by atoms with Gasteiger partial charge in [0.2, 0.25) is 5.91 Å². The molecule has 1 atom stereocenters. The lowest BCUT2D eigenvalue weighted by Crippen LogP contribution is -2.16. The number of aliphatic hydroxyl groups is 1. The summed E-state index contributed by atoms with van der Waals surface area (Å²) in [7, 11) is 0. The summed E-state index contributed by atoms with van der Waals surface area (Å²) in [4.78, 5) is 12.0. The van der Waals surface area contributed by atoms with Crippen LogP contribution in [0.4, 0.5) is 5.69 Å². The van der Waals surface area contributed by atoms with Crippen molar-refractivity contribution >= 4 is 11.6 Å². The molecule has 106 valence electrons. The zero-order chi connectivity index (χ0) is 14.4. The van der Waals surface area contributed by atoms with Crippen LogP contribution in [0, 0.1) is 18.8 Å². The van der Waals surface area contributed by atoms with E-state index in [9.17, 15) is 4.79 Å². The monoisotopic (exact) mass is 263 g/mol. The van der Waals surface area contributed by atoms with Crippen LogP contribution in [0.25, 0.3) is 0 Å². The Hall–Kier alpha value is -1.35. The predicted molar refractivity (Wildman–Crippen MR) is 79.0 cm³/mol. The fraction of sp³-hybridized carbons (Fsp3) is 0.562. The standard InChI is InChI=1S/C16H25NO2/c1-11(2)7-12(3)8-16(19)17-15-9-14(10-18)6-5-13(15)4/h5-6,9,11-12,18H,7-8,10H2,1-4H3,(H,17,19). The van der Waals surface area contributed by atoms with Crippen molar-refractivity contribution in [1.29, 1.82) is 0 Å². The molecule has 0 saturated carbocycles. The van der Waals surface area contributed by atoms with E-state index in [-0.39, 0.29) is 12.5 Å². The molecule has 0 fully saturated rings. The fourth-order valence-corrected chi connectivity index (χ4v) is 2.31. The molecule has 0 bridgehead atoms. The van der Waals surface area contributed by atoms with Crippen LogP contribution in [0.15, 0.2) is 18.2 Å². The van der Waals surface area contributed by atoms with E-state index >= 15 is 0 Å². The Morgan fingerprint density at radius 3 is 2.58 bits per heavy atom. The molecule has 3 heteroatoms. The molecule has 0 aliphatic carbocycles. The average Bonchev–Trinajstić information content (AvgIpc) is 2.30. The number of aliphatic hydroxyl groups excluding tert-OH is 1. The highest BCUT2D eigenvalue weighted by Crippen LogP contribution is 2.19. The first-order chi connectivity index (χ1) is 8.92. The van der Waals surface area contributed by atoms with Crippen LogP contribution in [0.2, 0.25) is 0 Å². The molecule has 0 radical (unpaired) electrons. The summed E-state index contributed by atoms with van der Waals surface area (Å²) in [6.07, 6.45) is 1.60. The van der Waals surface area contributed by atoms with Crippen molar-refractivity contribution in [3.05, 3.63) is 29.3 Å². The molecule has 0 aliphatic rings. The summed E-state index contributed by atoms with van der Waals surface area (Å²) in [5.41, 5.74) is 2.63. The van der Waals surface area contributed by atoms with Gasteiger partial charge in [-0.05, 0) is 42.4 Å². The lowest BCUT2D eigenvalue weighted by molar-refractivity contribution is -0.117. The second-order valence-electron chi connectivity index (χ2n) is 5.79. The van der Waals surface area contributed by atoms with Gasteiger partial charge < -0.3 is 10.4 Å². The first-order valence-corrected chi connectivity index (χ1v) is 6.92. The molecule has 1 aromatic carbocycles. The van der Waals surface area contributed by atoms with Gasteiger partial charge in [0.1, 0.15) is 0 Å². The Morgan fingerprint density at radius 2 is 2.00 bits per heavy atom. The number of benzene rings is 1. The first-order valence-electron chi connectivity index (χ1n) is 6.92. The number of hydrogen-bond acceptors (Lipinski definition) is 2. The van der Waals surface area contributed by atoms with E-state index in [1.54, 1.807) is 0 Å². The maximum atomic E-state index is 12.0. The second kappa shape index (κ2) is 7.29. The molecule has 0 spiro atoms. The van der Waals surface area contributed by atoms with Crippen LogP contribution in [-0.4, -0.2) is 11.0 Å². The molecule has 0 aliphatic heterocycles. The third-order valence-electron chi connectivity index (χ3n) is 3.17. The van der Waals surface area contributed by atoms with Crippen LogP contribution in [0.3, 0.4) is 0 Å². The van der Waals surface area contributed by atoms with E-state index in [1.807, 2.05) is 25.1 Å². The highest BCUT2D eigenvalue weighted by Gasteiger charge is 2.12. The van der Waals surface area contributed by atoms with E-state index in [0.717, 1.165) is 23.2 Å². The largest absolute Gasteiger partial charge is 0.392 e.